The van der Waals surface area contributed by atoms with Crippen molar-refractivity contribution in [3.8, 4) is 0 Å². The Morgan fingerprint density at radius 2 is 1.43 bits per heavy atom. The van der Waals surface area contributed by atoms with Gasteiger partial charge in [-0.25, -0.2) is 0 Å². The van der Waals surface area contributed by atoms with Crippen LogP contribution < -0.4 is 0 Å². The molecule has 2 unspecified atom stereocenters. The minimum Gasteiger partial charge on any atom is -0.394 e. The van der Waals surface area contributed by atoms with Gasteiger partial charge in [0.25, 0.3) is 0 Å². The fourth-order valence-corrected chi connectivity index (χ4v) is 3.60. The molecule has 6 atom stereocenters. The summed E-state index contributed by atoms with van der Waals surface area (Å²) in [5.41, 5.74) is 1.59. The Balaban J connectivity index is 1.49. The van der Waals surface area contributed by atoms with Crippen molar-refractivity contribution in [1.29, 1.82) is 0 Å². The van der Waals surface area contributed by atoms with Crippen molar-refractivity contribution in [2.45, 2.75) is 37.0 Å². The van der Waals surface area contributed by atoms with E-state index in [1.807, 2.05) is 12.1 Å². The van der Waals surface area contributed by atoms with Gasteiger partial charge in [0.1, 0.15) is 24.4 Å². The van der Waals surface area contributed by atoms with Crippen LogP contribution >= 0.6 is 23.2 Å². The van der Waals surface area contributed by atoms with Crippen molar-refractivity contribution in [2.24, 2.45) is 0 Å². The highest BCUT2D eigenvalue weighted by Crippen LogP contribution is 2.39. The Morgan fingerprint density at radius 1 is 0.857 bits per heavy atom. The second-order valence-corrected chi connectivity index (χ2v) is 7.60. The highest BCUT2D eigenvalue weighted by molar-refractivity contribution is 6.30. The second-order valence-electron chi connectivity index (χ2n) is 6.73. The third-order valence-corrected chi connectivity index (χ3v) is 5.32. The molecule has 2 saturated heterocycles. The molecule has 2 N–H and O–H groups in total. The fraction of sp³-hybridized carbons (Fsp3) is 0.400. The average molecular weight is 427 g/mol. The lowest BCUT2D eigenvalue weighted by molar-refractivity contribution is -0.107. The number of aliphatic hydroxyl groups is 2. The van der Waals surface area contributed by atoms with E-state index in [1.165, 1.54) is 0 Å². The van der Waals surface area contributed by atoms with Gasteiger partial charge in [0.15, 0.2) is 12.6 Å². The predicted molar refractivity (Wildman–Crippen MR) is 102 cm³/mol. The maximum Gasteiger partial charge on any atom is 0.184 e. The highest BCUT2D eigenvalue weighted by atomic mass is 35.5. The van der Waals surface area contributed by atoms with Gasteiger partial charge in [-0.2, -0.15) is 0 Å². The summed E-state index contributed by atoms with van der Waals surface area (Å²) in [5, 5.41) is 20.9. The molecular formula is C20H20Cl2O6. The van der Waals surface area contributed by atoms with E-state index in [0.29, 0.717) is 10.0 Å². The SMILES string of the molecule is OC[C@@H](O)[C@@H]1OC(c2ccc(Cl)cc2)O[C@H]1[C@@H]1COC(c2ccc(Cl)cc2)O1. The van der Waals surface area contributed by atoms with Crippen molar-refractivity contribution in [2.75, 3.05) is 13.2 Å². The topological polar surface area (TPSA) is 77.4 Å². The van der Waals surface area contributed by atoms with Crippen molar-refractivity contribution < 1.29 is 29.2 Å². The van der Waals surface area contributed by atoms with Crippen LogP contribution in [0.1, 0.15) is 23.7 Å². The smallest absolute Gasteiger partial charge is 0.184 e. The van der Waals surface area contributed by atoms with Gasteiger partial charge in [-0.3, -0.25) is 0 Å². The molecule has 2 aromatic rings. The van der Waals surface area contributed by atoms with Crippen LogP contribution in [0.25, 0.3) is 0 Å². The van der Waals surface area contributed by atoms with E-state index in [9.17, 15) is 10.2 Å². The van der Waals surface area contributed by atoms with Gasteiger partial charge in [-0.15, -0.1) is 0 Å². The summed E-state index contributed by atoms with van der Waals surface area (Å²) in [6, 6.07) is 14.2. The standard InChI is InChI=1S/C20H20Cl2O6/c21-13-5-1-11(2-6-13)19-25-10-16(26-19)18-17(15(24)9-23)27-20(28-18)12-3-7-14(22)8-4-12/h1-8,15-20,23-24H,9-10H2/t15-,16+,17+,18+,19?,20?/m1/s1. The molecule has 0 saturated carbocycles. The van der Waals surface area contributed by atoms with E-state index in [-0.39, 0.29) is 6.61 Å². The van der Waals surface area contributed by atoms with Crippen LogP contribution in [0.2, 0.25) is 10.0 Å². The molecule has 2 fully saturated rings. The maximum absolute atomic E-state index is 10.2. The Bertz CT molecular complexity index is 784. The summed E-state index contributed by atoms with van der Waals surface area (Å²) < 4.78 is 23.7. The van der Waals surface area contributed by atoms with Crippen LogP contribution in [0.5, 0.6) is 0 Å². The molecule has 0 aromatic heterocycles. The van der Waals surface area contributed by atoms with E-state index in [2.05, 4.69) is 0 Å². The highest BCUT2D eigenvalue weighted by Gasteiger charge is 2.48. The molecule has 4 rings (SSSR count). The molecule has 0 radical (unpaired) electrons. The molecule has 6 nitrogen and oxygen atoms in total. The van der Waals surface area contributed by atoms with Crippen molar-refractivity contribution >= 4 is 23.2 Å². The van der Waals surface area contributed by atoms with E-state index in [4.69, 9.17) is 42.1 Å². The lowest BCUT2D eigenvalue weighted by Crippen LogP contribution is -2.44. The Morgan fingerprint density at radius 3 is 2.00 bits per heavy atom. The minimum absolute atomic E-state index is 0.267. The van der Waals surface area contributed by atoms with E-state index >= 15 is 0 Å². The van der Waals surface area contributed by atoms with Crippen LogP contribution in [0.15, 0.2) is 48.5 Å². The first-order valence-corrected chi connectivity index (χ1v) is 9.68. The first kappa shape index (κ1) is 20.1. The van der Waals surface area contributed by atoms with Crippen LogP contribution in [0.3, 0.4) is 0 Å². The number of ether oxygens (including phenoxy) is 4. The third kappa shape index (κ3) is 4.20. The first-order chi connectivity index (χ1) is 13.5. The van der Waals surface area contributed by atoms with E-state index in [1.54, 1.807) is 36.4 Å². The molecule has 0 amide bonds. The zero-order valence-electron chi connectivity index (χ0n) is 14.8. The Hall–Kier alpha value is -1.22. The van der Waals surface area contributed by atoms with Crippen LogP contribution in [0.4, 0.5) is 0 Å². The third-order valence-electron chi connectivity index (χ3n) is 4.81. The van der Waals surface area contributed by atoms with E-state index < -0.39 is 43.6 Å². The monoisotopic (exact) mass is 426 g/mol. The molecule has 150 valence electrons. The Labute approximate surface area is 172 Å². The second kappa shape index (κ2) is 8.65. The number of benzene rings is 2. The largest absolute Gasteiger partial charge is 0.394 e. The molecular weight excluding hydrogens is 407 g/mol. The summed E-state index contributed by atoms with van der Waals surface area (Å²) >= 11 is 11.9. The zero-order valence-corrected chi connectivity index (χ0v) is 16.3. The summed E-state index contributed by atoms with van der Waals surface area (Å²) in [5.74, 6) is 0. The number of rotatable bonds is 5. The van der Waals surface area contributed by atoms with Crippen molar-refractivity contribution in [1.82, 2.24) is 0 Å². The first-order valence-electron chi connectivity index (χ1n) is 8.93. The van der Waals surface area contributed by atoms with Gasteiger partial charge in [-0.05, 0) is 24.3 Å². The number of hydrogen-bond acceptors (Lipinski definition) is 6. The molecule has 28 heavy (non-hydrogen) atoms. The summed E-state index contributed by atoms with van der Waals surface area (Å²) in [6.07, 6.45) is -4.22. The maximum atomic E-state index is 10.2. The van der Waals surface area contributed by atoms with Crippen molar-refractivity contribution in [3.63, 3.8) is 0 Å². The summed E-state index contributed by atoms with van der Waals surface area (Å²) in [6.45, 7) is -0.185. The van der Waals surface area contributed by atoms with Gasteiger partial charge in [0.2, 0.25) is 0 Å². The zero-order chi connectivity index (χ0) is 19.7. The van der Waals surface area contributed by atoms with E-state index in [0.717, 1.165) is 11.1 Å². The van der Waals surface area contributed by atoms with Gasteiger partial charge in [0.05, 0.1) is 13.2 Å². The lowest BCUT2D eigenvalue weighted by Gasteiger charge is -2.24. The molecule has 8 heteroatoms. The molecule has 0 bridgehead atoms. The number of halogens is 2. The number of aliphatic hydroxyl groups excluding tert-OH is 2. The quantitative estimate of drug-likeness (QED) is 0.763. The number of hydrogen-bond donors (Lipinski definition) is 2. The average Bonchev–Trinajstić information content (AvgIpc) is 3.36. The summed E-state index contributed by atoms with van der Waals surface area (Å²) in [4.78, 5) is 0. The molecule has 2 aliphatic heterocycles. The summed E-state index contributed by atoms with van der Waals surface area (Å²) in [7, 11) is 0. The van der Waals surface area contributed by atoms with Crippen LogP contribution in [0, 0.1) is 0 Å². The Kier molecular flexibility index (Phi) is 6.20. The van der Waals surface area contributed by atoms with Crippen LogP contribution in [-0.2, 0) is 18.9 Å². The molecule has 2 heterocycles. The van der Waals surface area contributed by atoms with Crippen LogP contribution in [-0.4, -0.2) is 47.8 Å². The van der Waals surface area contributed by atoms with Crippen molar-refractivity contribution in [3.05, 3.63) is 69.7 Å². The minimum atomic E-state index is -1.11. The predicted octanol–water partition coefficient (Wildman–Crippen LogP) is 3.24. The molecule has 2 aromatic carbocycles. The molecule has 0 spiro atoms. The molecule has 2 aliphatic rings. The van der Waals surface area contributed by atoms with Gasteiger partial charge in [-0.1, -0.05) is 47.5 Å². The van der Waals surface area contributed by atoms with Gasteiger partial charge < -0.3 is 29.2 Å². The van der Waals surface area contributed by atoms with Gasteiger partial charge in [0, 0.05) is 21.2 Å². The molecule has 0 aliphatic carbocycles. The fourth-order valence-electron chi connectivity index (χ4n) is 3.35. The lowest BCUT2D eigenvalue weighted by atomic mass is 10.0. The van der Waals surface area contributed by atoms with Gasteiger partial charge >= 0.3 is 0 Å². The normalized spacial score (nSPS) is 31.2.